The van der Waals surface area contributed by atoms with Crippen LogP contribution in [-0.4, -0.2) is 29.1 Å². The van der Waals surface area contributed by atoms with E-state index in [4.69, 9.17) is 11.6 Å². The summed E-state index contributed by atoms with van der Waals surface area (Å²) in [6.07, 6.45) is 1.53. The molecule has 1 heterocycles. The molecular weight excluding hydrogens is 360 g/mol. The van der Waals surface area contributed by atoms with Gasteiger partial charge in [-0.1, -0.05) is 25.4 Å². The van der Waals surface area contributed by atoms with Crippen LogP contribution in [0.2, 0.25) is 5.02 Å². The Hall–Kier alpha value is -0.630. The number of benzene rings is 1. The maximum Gasteiger partial charge on any atom is 0.283 e. The molecule has 4 nitrogen and oxygen atoms in total. The van der Waals surface area contributed by atoms with Gasteiger partial charge in [-0.05, 0) is 41.8 Å². The first-order valence-corrected chi connectivity index (χ1v) is 10.7. The SMILES string of the molecule is CCSC(SCC)c1ccnn1S(=O)(=O)c1ccc(Cl)cc1. The molecule has 8 heteroatoms. The van der Waals surface area contributed by atoms with Crippen LogP contribution < -0.4 is 0 Å². The average Bonchev–Trinajstić information content (AvgIpc) is 2.97. The number of aromatic nitrogens is 2. The molecule has 0 N–H and O–H groups in total. The number of rotatable bonds is 7. The highest BCUT2D eigenvalue weighted by molar-refractivity contribution is 8.16. The van der Waals surface area contributed by atoms with E-state index in [1.165, 1.54) is 18.3 Å². The van der Waals surface area contributed by atoms with E-state index >= 15 is 0 Å². The predicted molar refractivity (Wildman–Crippen MR) is 95.3 cm³/mol. The molecule has 0 saturated carbocycles. The molecule has 0 aliphatic carbocycles. The molecule has 2 rings (SSSR count). The minimum absolute atomic E-state index is 0.0413. The van der Waals surface area contributed by atoms with Crippen LogP contribution in [0.15, 0.2) is 41.4 Å². The van der Waals surface area contributed by atoms with Gasteiger partial charge in [-0.2, -0.15) is 17.6 Å². The van der Waals surface area contributed by atoms with Crippen molar-refractivity contribution < 1.29 is 8.42 Å². The van der Waals surface area contributed by atoms with E-state index in [-0.39, 0.29) is 9.48 Å². The lowest BCUT2D eigenvalue weighted by Crippen LogP contribution is -2.18. The van der Waals surface area contributed by atoms with E-state index in [2.05, 4.69) is 18.9 Å². The molecule has 0 bridgehead atoms. The first kappa shape index (κ1) is 17.7. The van der Waals surface area contributed by atoms with Crippen molar-refractivity contribution in [1.82, 2.24) is 9.19 Å². The zero-order valence-electron chi connectivity index (χ0n) is 12.3. The molecule has 1 aromatic heterocycles. The summed E-state index contributed by atoms with van der Waals surface area (Å²) in [6, 6.07) is 7.90. The lowest BCUT2D eigenvalue weighted by molar-refractivity contribution is 0.578. The van der Waals surface area contributed by atoms with E-state index < -0.39 is 10.0 Å². The summed E-state index contributed by atoms with van der Waals surface area (Å²) in [7, 11) is -3.70. The van der Waals surface area contributed by atoms with Crippen LogP contribution in [0.5, 0.6) is 0 Å². The molecule has 0 spiro atoms. The Morgan fingerprint density at radius 1 is 1.14 bits per heavy atom. The van der Waals surface area contributed by atoms with Gasteiger partial charge in [-0.15, -0.1) is 23.5 Å². The van der Waals surface area contributed by atoms with Crippen LogP contribution >= 0.6 is 35.1 Å². The van der Waals surface area contributed by atoms with Crippen LogP contribution in [-0.2, 0) is 10.0 Å². The van der Waals surface area contributed by atoms with Crippen molar-refractivity contribution in [3.8, 4) is 0 Å². The van der Waals surface area contributed by atoms with E-state index in [1.54, 1.807) is 41.7 Å². The Morgan fingerprint density at radius 2 is 1.73 bits per heavy atom. The van der Waals surface area contributed by atoms with Gasteiger partial charge in [0.05, 0.1) is 21.4 Å². The first-order valence-electron chi connectivity index (χ1n) is 6.79. The van der Waals surface area contributed by atoms with Gasteiger partial charge in [-0.25, -0.2) is 0 Å². The van der Waals surface area contributed by atoms with Gasteiger partial charge >= 0.3 is 0 Å². The van der Waals surface area contributed by atoms with Crippen LogP contribution in [0.25, 0.3) is 0 Å². The summed E-state index contributed by atoms with van der Waals surface area (Å²) in [6.45, 7) is 4.12. The summed E-state index contributed by atoms with van der Waals surface area (Å²) in [5.41, 5.74) is 0.689. The molecule has 0 atom stereocenters. The van der Waals surface area contributed by atoms with Crippen LogP contribution in [0.3, 0.4) is 0 Å². The second-order valence-corrected chi connectivity index (χ2v) is 9.57. The standard InChI is InChI=1S/C14H17ClN2O2S3/c1-3-20-14(21-4-2)13-9-10-16-17(13)22(18,19)12-7-5-11(15)6-8-12/h5-10,14H,3-4H2,1-2H3. The Labute approximate surface area is 144 Å². The Kier molecular flexibility index (Phi) is 6.26. The quantitative estimate of drug-likeness (QED) is 0.675. The van der Waals surface area contributed by atoms with Crippen molar-refractivity contribution in [2.24, 2.45) is 0 Å². The van der Waals surface area contributed by atoms with Crippen molar-refractivity contribution in [1.29, 1.82) is 0 Å². The fraction of sp³-hybridized carbons (Fsp3) is 0.357. The van der Waals surface area contributed by atoms with Crippen LogP contribution in [0.4, 0.5) is 0 Å². The van der Waals surface area contributed by atoms with Crippen molar-refractivity contribution in [2.75, 3.05) is 11.5 Å². The topological polar surface area (TPSA) is 52.0 Å². The Bertz CT molecular complexity index is 708. The van der Waals surface area contributed by atoms with Crippen molar-refractivity contribution in [3.05, 3.63) is 47.2 Å². The zero-order chi connectivity index (χ0) is 16.2. The summed E-state index contributed by atoms with van der Waals surface area (Å²) in [5, 5.41) is 4.54. The fourth-order valence-electron chi connectivity index (χ4n) is 1.90. The van der Waals surface area contributed by atoms with E-state index in [1.807, 2.05) is 0 Å². The van der Waals surface area contributed by atoms with Gasteiger partial charge in [-0.3, -0.25) is 0 Å². The molecule has 0 aliphatic heterocycles. The second-order valence-electron chi connectivity index (χ2n) is 4.30. The number of thioether (sulfide) groups is 2. The molecule has 1 aromatic carbocycles. The maximum atomic E-state index is 12.8. The van der Waals surface area contributed by atoms with Gasteiger partial charge in [0.2, 0.25) is 0 Å². The van der Waals surface area contributed by atoms with Gasteiger partial charge in [0.25, 0.3) is 10.0 Å². The smallest absolute Gasteiger partial charge is 0.199 e. The number of halogens is 1. The summed E-state index contributed by atoms with van der Waals surface area (Å²) in [4.78, 5) is 0.184. The van der Waals surface area contributed by atoms with E-state index in [0.717, 1.165) is 15.6 Å². The third-order valence-corrected chi connectivity index (χ3v) is 7.31. The number of nitrogens with zero attached hydrogens (tertiary/aromatic N) is 2. The Balaban J connectivity index is 2.44. The monoisotopic (exact) mass is 376 g/mol. The van der Waals surface area contributed by atoms with Crippen molar-refractivity contribution >= 4 is 45.1 Å². The van der Waals surface area contributed by atoms with Crippen LogP contribution in [0, 0.1) is 0 Å². The molecule has 0 amide bonds. The van der Waals surface area contributed by atoms with Crippen molar-refractivity contribution in [3.63, 3.8) is 0 Å². The molecule has 0 fully saturated rings. The fourth-order valence-corrected chi connectivity index (χ4v) is 5.97. The lowest BCUT2D eigenvalue weighted by Gasteiger charge is -2.16. The number of hydrogen-bond acceptors (Lipinski definition) is 5. The highest BCUT2D eigenvalue weighted by Gasteiger charge is 2.25. The molecule has 0 radical (unpaired) electrons. The zero-order valence-corrected chi connectivity index (χ0v) is 15.5. The molecule has 0 unspecified atom stereocenters. The third kappa shape index (κ3) is 3.82. The summed E-state index contributed by atoms with van der Waals surface area (Å²) in [5.74, 6) is 1.81. The van der Waals surface area contributed by atoms with Gasteiger partial charge in [0, 0.05) is 5.02 Å². The highest BCUT2D eigenvalue weighted by Crippen LogP contribution is 2.39. The minimum Gasteiger partial charge on any atom is -0.199 e. The van der Waals surface area contributed by atoms with Crippen LogP contribution in [0.1, 0.15) is 24.1 Å². The molecule has 22 heavy (non-hydrogen) atoms. The van der Waals surface area contributed by atoms with E-state index in [9.17, 15) is 8.42 Å². The summed E-state index contributed by atoms with van der Waals surface area (Å²) >= 11 is 9.23. The minimum atomic E-state index is -3.70. The Morgan fingerprint density at radius 3 is 2.27 bits per heavy atom. The largest absolute Gasteiger partial charge is 0.283 e. The third-order valence-electron chi connectivity index (χ3n) is 2.85. The van der Waals surface area contributed by atoms with Gasteiger partial charge in [0.1, 0.15) is 0 Å². The summed E-state index contributed by atoms with van der Waals surface area (Å²) < 4.78 is 26.7. The molecular formula is C14H17ClN2O2S3. The number of hydrogen-bond donors (Lipinski definition) is 0. The van der Waals surface area contributed by atoms with Gasteiger partial charge < -0.3 is 0 Å². The molecule has 2 aromatic rings. The highest BCUT2D eigenvalue weighted by atomic mass is 35.5. The van der Waals surface area contributed by atoms with E-state index in [0.29, 0.717) is 10.7 Å². The average molecular weight is 377 g/mol. The molecule has 120 valence electrons. The lowest BCUT2D eigenvalue weighted by atomic mass is 10.4. The van der Waals surface area contributed by atoms with Crippen molar-refractivity contribution in [2.45, 2.75) is 23.3 Å². The molecule has 0 saturated heterocycles. The predicted octanol–water partition coefficient (Wildman–Crippen LogP) is 4.28. The second kappa shape index (κ2) is 7.77. The van der Waals surface area contributed by atoms with Gasteiger partial charge in [0.15, 0.2) is 0 Å². The normalized spacial score (nSPS) is 12.0. The molecule has 0 aliphatic rings. The first-order chi connectivity index (χ1) is 10.5. The maximum absolute atomic E-state index is 12.8.